The highest BCUT2D eigenvalue weighted by Crippen LogP contribution is 2.29. The van der Waals surface area contributed by atoms with Gasteiger partial charge in [-0.15, -0.1) is 11.3 Å². The number of hydrogen-bond acceptors (Lipinski definition) is 5. The molecule has 1 amide bonds. The van der Waals surface area contributed by atoms with E-state index in [2.05, 4.69) is 15.3 Å². The second kappa shape index (κ2) is 7.39. The Bertz CT molecular complexity index is 977. The summed E-state index contributed by atoms with van der Waals surface area (Å²) in [5, 5.41) is 13.5. The quantitative estimate of drug-likeness (QED) is 0.686. The molecule has 0 saturated heterocycles. The number of halogens is 2. The average molecular weight is 392 g/mol. The Morgan fingerprint density at radius 1 is 1.27 bits per heavy atom. The predicted molar refractivity (Wildman–Crippen MR) is 99.0 cm³/mol. The number of aromatic nitrogens is 2. The molecule has 0 bridgehead atoms. The summed E-state index contributed by atoms with van der Waals surface area (Å²) in [5.41, 5.74) is 0.962. The number of rotatable bonds is 4. The Morgan fingerprint density at radius 3 is 2.69 bits per heavy atom. The molecule has 3 rings (SSSR count). The first-order valence-electron chi connectivity index (χ1n) is 7.72. The van der Waals surface area contributed by atoms with E-state index in [1.807, 2.05) is 6.92 Å². The van der Waals surface area contributed by atoms with E-state index in [0.717, 1.165) is 10.9 Å². The van der Waals surface area contributed by atoms with Crippen molar-refractivity contribution < 1.29 is 14.3 Å². The van der Waals surface area contributed by atoms with Crippen molar-refractivity contribution in [3.8, 4) is 16.3 Å². The van der Waals surface area contributed by atoms with Crippen LogP contribution in [0, 0.1) is 12.7 Å². The molecule has 2 aromatic heterocycles. The van der Waals surface area contributed by atoms with Crippen molar-refractivity contribution >= 4 is 28.8 Å². The topological polar surface area (TPSA) is 75.1 Å². The smallest absolute Gasteiger partial charge is 0.251 e. The maximum Gasteiger partial charge on any atom is 0.251 e. The van der Waals surface area contributed by atoms with Crippen LogP contribution in [-0.2, 0) is 0 Å². The van der Waals surface area contributed by atoms with Crippen LogP contribution in [-0.4, -0.2) is 21.0 Å². The average Bonchev–Trinajstić information content (AvgIpc) is 3.00. The van der Waals surface area contributed by atoms with Gasteiger partial charge in [-0.3, -0.25) is 9.78 Å². The molecule has 0 fully saturated rings. The van der Waals surface area contributed by atoms with Crippen LogP contribution in [0.2, 0.25) is 5.02 Å². The van der Waals surface area contributed by atoms with E-state index < -0.39 is 17.8 Å². The van der Waals surface area contributed by atoms with Gasteiger partial charge >= 0.3 is 0 Å². The fourth-order valence-electron chi connectivity index (χ4n) is 2.45. The van der Waals surface area contributed by atoms with E-state index in [1.165, 1.54) is 23.6 Å². The summed E-state index contributed by atoms with van der Waals surface area (Å²) in [5.74, 6) is -1.11. The summed E-state index contributed by atoms with van der Waals surface area (Å²) >= 11 is 7.15. The largest absolute Gasteiger partial charge is 0.508 e. The number of nitrogens with zero attached hydrogens (tertiary/aromatic N) is 2. The highest BCUT2D eigenvalue weighted by molar-refractivity contribution is 7.14. The summed E-state index contributed by atoms with van der Waals surface area (Å²) in [4.78, 5) is 21.7. The van der Waals surface area contributed by atoms with Crippen molar-refractivity contribution in [2.75, 3.05) is 0 Å². The number of benzene rings is 1. The van der Waals surface area contributed by atoms with Gasteiger partial charge in [0.25, 0.3) is 5.91 Å². The number of amides is 1. The van der Waals surface area contributed by atoms with Crippen molar-refractivity contribution in [2.24, 2.45) is 0 Å². The van der Waals surface area contributed by atoms with E-state index >= 15 is 0 Å². The number of phenolic OH excluding ortho intramolecular Hbond substituents is 1. The number of thiazole rings is 1. The first-order chi connectivity index (χ1) is 12.3. The Kier molecular flexibility index (Phi) is 5.20. The molecule has 0 aliphatic rings. The second-order valence-electron chi connectivity index (χ2n) is 5.76. The number of nitrogens with one attached hydrogen (secondary N) is 1. The zero-order valence-corrected chi connectivity index (χ0v) is 15.5. The molecule has 0 radical (unpaired) electrons. The molecule has 1 aromatic carbocycles. The van der Waals surface area contributed by atoms with Crippen LogP contribution in [0.3, 0.4) is 0 Å². The van der Waals surface area contributed by atoms with Crippen LogP contribution >= 0.6 is 22.9 Å². The van der Waals surface area contributed by atoms with Crippen molar-refractivity contribution in [1.82, 2.24) is 15.3 Å². The van der Waals surface area contributed by atoms with Crippen LogP contribution < -0.4 is 5.32 Å². The maximum atomic E-state index is 14.0. The van der Waals surface area contributed by atoms with Gasteiger partial charge in [0.1, 0.15) is 16.6 Å². The van der Waals surface area contributed by atoms with Crippen LogP contribution in [0.4, 0.5) is 4.39 Å². The number of hydrogen-bond donors (Lipinski definition) is 2. The Hall–Kier alpha value is -2.51. The van der Waals surface area contributed by atoms with E-state index in [-0.39, 0.29) is 22.0 Å². The number of carbonyl (C=O) groups excluding carboxylic acids is 1. The molecule has 0 aliphatic heterocycles. The van der Waals surface area contributed by atoms with Crippen LogP contribution in [0.5, 0.6) is 5.75 Å². The molecule has 5 nitrogen and oxygen atoms in total. The van der Waals surface area contributed by atoms with Gasteiger partial charge in [-0.25, -0.2) is 9.37 Å². The zero-order chi connectivity index (χ0) is 18.8. The number of carbonyl (C=O) groups is 1. The first kappa shape index (κ1) is 18.3. The van der Waals surface area contributed by atoms with Crippen LogP contribution in [0.25, 0.3) is 10.6 Å². The summed E-state index contributed by atoms with van der Waals surface area (Å²) in [6.45, 7) is 3.54. The molecule has 8 heteroatoms. The zero-order valence-electron chi connectivity index (χ0n) is 14.0. The van der Waals surface area contributed by atoms with Gasteiger partial charge in [0.05, 0.1) is 16.8 Å². The maximum absolute atomic E-state index is 14.0. The van der Waals surface area contributed by atoms with Gasteiger partial charge < -0.3 is 10.4 Å². The summed E-state index contributed by atoms with van der Waals surface area (Å²) in [7, 11) is 0. The SMILES string of the molecule is Cc1cnc(-c2cc(O)cc(C(=O)NC(C)c3ncc(Cl)cc3F)c2)s1. The Morgan fingerprint density at radius 2 is 2.04 bits per heavy atom. The van der Waals surface area contributed by atoms with Crippen molar-refractivity contribution in [3.05, 3.63) is 63.6 Å². The van der Waals surface area contributed by atoms with Crippen LogP contribution in [0.1, 0.15) is 33.9 Å². The number of phenols is 1. The van der Waals surface area contributed by atoms with Crippen molar-refractivity contribution in [1.29, 1.82) is 0 Å². The lowest BCUT2D eigenvalue weighted by atomic mass is 10.1. The van der Waals surface area contributed by atoms with E-state index in [0.29, 0.717) is 10.6 Å². The first-order valence-corrected chi connectivity index (χ1v) is 8.91. The predicted octanol–water partition coefficient (Wildman–Crippen LogP) is 4.50. The van der Waals surface area contributed by atoms with Gasteiger partial charge in [0, 0.05) is 28.4 Å². The normalized spacial score (nSPS) is 12.0. The fraction of sp³-hybridized carbons (Fsp3) is 0.167. The summed E-state index contributed by atoms with van der Waals surface area (Å²) in [6, 6.07) is 4.99. The van der Waals surface area contributed by atoms with Gasteiger partial charge in [0.15, 0.2) is 0 Å². The minimum Gasteiger partial charge on any atom is -0.508 e. The van der Waals surface area contributed by atoms with Crippen molar-refractivity contribution in [3.63, 3.8) is 0 Å². The number of aryl methyl sites for hydroxylation is 1. The second-order valence-corrected chi connectivity index (χ2v) is 7.43. The minimum absolute atomic E-state index is 0.0519. The highest BCUT2D eigenvalue weighted by atomic mass is 35.5. The number of pyridine rings is 1. The van der Waals surface area contributed by atoms with E-state index in [4.69, 9.17) is 11.6 Å². The van der Waals surface area contributed by atoms with Gasteiger partial charge in [0.2, 0.25) is 0 Å². The number of aromatic hydroxyl groups is 1. The Labute approximate surface area is 158 Å². The molecule has 1 atom stereocenters. The van der Waals surface area contributed by atoms with Gasteiger partial charge in [-0.05, 0) is 38.1 Å². The lowest BCUT2D eigenvalue weighted by Gasteiger charge is -2.15. The van der Waals surface area contributed by atoms with Crippen molar-refractivity contribution in [2.45, 2.75) is 19.9 Å². The Balaban J connectivity index is 1.84. The molecule has 2 N–H and O–H groups in total. The standard InChI is InChI=1S/C18H15ClFN3O2S/c1-9-7-22-18(26-9)12-3-11(4-14(24)5-12)17(25)23-10(2)16-15(20)6-13(19)8-21-16/h3-8,10,24H,1-2H3,(H,23,25). The molecule has 1 unspecified atom stereocenters. The summed E-state index contributed by atoms with van der Waals surface area (Å²) in [6.07, 6.45) is 3.04. The third-order valence-corrected chi connectivity index (χ3v) is 4.81. The molecule has 0 spiro atoms. The monoisotopic (exact) mass is 391 g/mol. The van der Waals surface area contributed by atoms with Gasteiger partial charge in [-0.1, -0.05) is 11.6 Å². The fourth-order valence-corrected chi connectivity index (χ4v) is 3.34. The molecule has 0 saturated carbocycles. The van der Waals surface area contributed by atoms with Crippen LogP contribution in [0.15, 0.2) is 36.7 Å². The minimum atomic E-state index is -0.673. The third-order valence-electron chi connectivity index (χ3n) is 3.64. The summed E-state index contributed by atoms with van der Waals surface area (Å²) < 4.78 is 14.0. The van der Waals surface area contributed by atoms with E-state index in [9.17, 15) is 14.3 Å². The molecular weight excluding hydrogens is 377 g/mol. The van der Waals surface area contributed by atoms with Gasteiger partial charge in [-0.2, -0.15) is 0 Å². The third kappa shape index (κ3) is 4.00. The molecule has 0 aliphatic carbocycles. The van der Waals surface area contributed by atoms with E-state index in [1.54, 1.807) is 25.3 Å². The molecular formula is C18H15ClFN3O2S. The lowest BCUT2D eigenvalue weighted by Crippen LogP contribution is -2.28. The molecule has 26 heavy (non-hydrogen) atoms. The highest BCUT2D eigenvalue weighted by Gasteiger charge is 2.18. The lowest BCUT2D eigenvalue weighted by molar-refractivity contribution is 0.0938. The molecule has 2 heterocycles. The molecule has 3 aromatic rings. The molecule has 134 valence electrons.